The molecule has 0 aliphatic carbocycles. The summed E-state index contributed by atoms with van der Waals surface area (Å²) in [5, 5.41) is 0. The van der Waals surface area contributed by atoms with Crippen LogP contribution in [0.2, 0.25) is 0 Å². The summed E-state index contributed by atoms with van der Waals surface area (Å²) in [6.45, 7) is 2.06. The van der Waals surface area contributed by atoms with Crippen molar-refractivity contribution in [3.63, 3.8) is 0 Å². The van der Waals surface area contributed by atoms with E-state index in [0.717, 1.165) is 36.8 Å². The summed E-state index contributed by atoms with van der Waals surface area (Å²) in [5.74, 6) is 0.789. The maximum atomic E-state index is 13.2. The van der Waals surface area contributed by atoms with E-state index in [2.05, 4.69) is 0 Å². The quantitative estimate of drug-likeness (QED) is 0.596. The molecule has 4 rings (SSSR count). The van der Waals surface area contributed by atoms with Gasteiger partial charge in [0.25, 0.3) is 0 Å². The van der Waals surface area contributed by atoms with Gasteiger partial charge in [-0.15, -0.1) is 0 Å². The number of sulfone groups is 1. The maximum absolute atomic E-state index is 13.2. The molecule has 10 heteroatoms. The largest absolute Gasteiger partial charge is 0.497 e. The van der Waals surface area contributed by atoms with Gasteiger partial charge in [0.15, 0.2) is 9.84 Å². The summed E-state index contributed by atoms with van der Waals surface area (Å²) >= 11 is 0. The van der Waals surface area contributed by atoms with Crippen LogP contribution in [-0.4, -0.2) is 71.5 Å². The van der Waals surface area contributed by atoms with Gasteiger partial charge in [0.1, 0.15) is 5.75 Å². The minimum atomic E-state index is -3.71. The zero-order valence-electron chi connectivity index (χ0n) is 19.4. The van der Waals surface area contributed by atoms with Crippen molar-refractivity contribution in [2.75, 3.05) is 39.5 Å². The van der Waals surface area contributed by atoms with Crippen molar-refractivity contribution < 1.29 is 26.4 Å². The lowest BCUT2D eigenvalue weighted by atomic mass is 9.78. The molecule has 0 aromatic heterocycles. The molecule has 2 saturated heterocycles. The number of piperidine rings is 1. The Labute approximate surface area is 201 Å². The molecule has 2 aromatic rings. The fraction of sp³-hybridized carbons (Fsp3) is 0.458. The number of carbonyl (C=O) groups is 1. The van der Waals surface area contributed by atoms with E-state index < -0.39 is 19.9 Å². The summed E-state index contributed by atoms with van der Waals surface area (Å²) in [5.41, 5.74) is 0.775. The Morgan fingerprint density at radius 3 is 2.18 bits per heavy atom. The molecule has 2 heterocycles. The first-order valence-electron chi connectivity index (χ1n) is 11.2. The molecule has 1 amide bonds. The van der Waals surface area contributed by atoms with E-state index in [1.165, 1.54) is 28.6 Å². The van der Waals surface area contributed by atoms with Crippen molar-refractivity contribution in [2.45, 2.75) is 35.5 Å². The van der Waals surface area contributed by atoms with Gasteiger partial charge in [-0.1, -0.05) is 12.1 Å². The van der Waals surface area contributed by atoms with Crippen molar-refractivity contribution in [2.24, 2.45) is 5.41 Å². The standard InChI is InChI=1S/C24H30N2O6S2/c1-32-20-5-3-4-19(16-20)17-23(27)25-13-10-24(11-14-25)12-15-26(18-24)34(30,31)22-8-6-21(7-9-22)33(2,28)29/h3-9,16H,10-15,17-18H2,1-2H3. The normalized spacial score (nSPS) is 18.8. The van der Waals surface area contributed by atoms with Crippen molar-refractivity contribution in [3.05, 3.63) is 54.1 Å². The monoisotopic (exact) mass is 506 g/mol. The second kappa shape index (κ2) is 9.31. The Balaban J connectivity index is 1.37. The lowest BCUT2D eigenvalue weighted by molar-refractivity contribution is -0.132. The van der Waals surface area contributed by atoms with Gasteiger partial charge >= 0.3 is 0 Å². The summed E-state index contributed by atoms with van der Waals surface area (Å²) in [6.07, 6.45) is 3.68. The number of hydrogen-bond donors (Lipinski definition) is 0. The Morgan fingerprint density at radius 1 is 0.941 bits per heavy atom. The molecule has 2 aromatic carbocycles. The fourth-order valence-electron chi connectivity index (χ4n) is 4.81. The fourth-order valence-corrected chi connectivity index (χ4v) is 7.00. The zero-order chi connectivity index (χ0) is 24.6. The molecule has 0 unspecified atom stereocenters. The molecule has 34 heavy (non-hydrogen) atoms. The van der Waals surface area contributed by atoms with Crippen molar-refractivity contribution in [1.82, 2.24) is 9.21 Å². The van der Waals surface area contributed by atoms with Gasteiger partial charge in [-0.25, -0.2) is 16.8 Å². The van der Waals surface area contributed by atoms with Crippen LogP contribution in [0.3, 0.4) is 0 Å². The van der Waals surface area contributed by atoms with E-state index >= 15 is 0 Å². The minimum Gasteiger partial charge on any atom is -0.497 e. The van der Waals surface area contributed by atoms with Gasteiger partial charge in [-0.2, -0.15) is 4.31 Å². The topological polar surface area (TPSA) is 101 Å². The molecule has 0 bridgehead atoms. The van der Waals surface area contributed by atoms with Crippen molar-refractivity contribution in [3.8, 4) is 5.75 Å². The Bertz CT molecular complexity index is 1260. The Kier molecular flexibility index (Phi) is 6.76. The van der Waals surface area contributed by atoms with E-state index in [4.69, 9.17) is 4.74 Å². The number of amides is 1. The number of benzene rings is 2. The molecular formula is C24H30N2O6S2. The van der Waals surface area contributed by atoms with Gasteiger partial charge in [0.05, 0.1) is 23.3 Å². The third kappa shape index (κ3) is 5.13. The van der Waals surface area contributed by atoms with E-state index in [0.29, 0.717) is 32.6 Å². The number of methoxy groups -OCH3 is 1. The number of hydrogen-bond acceptors (Lipinski definition) is 6. The van der Waals surface area contributed by atoms with Gasteiger partial charge in [0.2, 0.25) is 15.9 Å². The Morgan fingerprint density at radius 2 is 1.56 bits per heavy atom. The summed E-state index contributed by atoms with van der Waals surface area (Å²) in [6, 6.07) is 12.9. The molecule has 0 saturated carbocycles. The highest BCUT2D eigenvalue weighted by Crippen LogP contribution is 2.42. The second-order valence-electron chi connectivity index (χ2n) is 9.24. The average Bonchev–Trinajstić information content (AvgIpc) is 3.23. The van der Waals surface area contributed by atoms with Crippen LogP contribution in [-0.2, 0) is 31.1 Å². The number of carbonyl (C=O) groups excluding carboxylic acids is 1. The SMILES string of the molecule is COc1cccc(CC(=O)N2CCC3(CC2)CCN(S(=O)(=O)c2ccc(S(C)(=O)=O)cc2)C3)c1. The van der Waals surface area contributed by atoms with E-state index in [1.807, 2.05) is 29.2 Å². The van der Waals surface area contributed by atoms with Crippen LogP contribution < -0.4 is 4.74 Å². The van der Waals surface area contributed by atoms with Gasteiger partial charge in [0, 0.05) is 32.4 Å². The summed E-state index contributed by atoms with van der Waals surface area (Å²) in [4.78, 5) is 14.9. The Hall–Kier alpha value is -2.43. The first kappa shape index (κ1) is 24.7. The predicted octanol–water partition coefficient (Wildman–Crippen LogP) is 2.34. The molecule has 2 aliphatic rings. The molecule has 2 fully saturated rings. The molecular weight excluding hydrogens is 476 g/mol. The predicted molar refractivity (Wildman–Crippen MR) is 128 cm³/mol. The third-order valence-corrected chi connectivity index (χ3v) is 9.95. The zero-order valence-corrected chi connectivity index (χ0v) is 21.1. The number of rotatable bonds is 6. The summed E-state index contributed by atoms with van der Waals surface area (Å²) in [7, 11) is -5.50. The van der Waals surface area contributed by atoms with Gasteiger partial charge in [-0.3, -0.25) is 4.79 Å². The lowest BCUT2D eigenvalue weighted by Crippen LogP contribution is -2.45. The molecule has 0 atom stereocenters. The first-order chi connectivity index (χ1) is 16.0. The lowest BCUT2D eigenvalue weighted by Gasteiger charge is -2.39. The number of ether oxygens (including phenoxy) is 1. The molecule has 1 spiro atoms. The average molecular weight is 507 g/mol. The third-order valence-electron chi connectivity index (χ3n) is 6.96. The van der Waals surface area contributed by atoms with Crippen LogP contribution in [0.25, 0.3) is 0 Å². The van der Waals surface area contributed by atoms with Crippen molar-refractivity contribution in [1.29, 1.82) is 0 Å². The van der Waals surface area contributed by atoms with Crippen LogP contribution in [0.5, 0.6) is 5.75 Å². The van der Waals surface area contributed by atoms with Crippen LogP contribution in [0.4, 0.5) is 0 Å². The highest BCUT2D eigenvalue weighted by molar-refractivity contribution is 7.90. The summed E-state index contributed by atoms with van der Waals surface area (Å²) < 4.78 is 56.4. The molecule has 0 radical (unpaired) electrons. The minimum absolute atomic E-state index is 0.0662. The van der Waals surface area contributed by atoms with E-state index in [1.54, 1.807) is 7.11 Å². The van der Waals surface area contributed by atoms with Crippen LogP contribution >= 0.6 is 0 Å². The van der Waals surface area contributed by atoms with Crippen LogP contribution in [0.15, 0.2) is 58.3 Å². The van der Waals surface area contributed by atoms with E-state index in [9.17, 15) is 21.6 Å². The van der Waals surface area contributed by atoms with Crippen LogP contribution in [0, 0.1) is 5.41 Å². The number of sulfonamides is 1. The van der Waals surface area contributed by atoms with Gasteiger partial charge in [-0.05, 0) is 66.6 Å². The molecule has 0 N–H and O–H groups in total. The maximum Gasteiger partial charge on any atom is 0.243 e. The first-order valence-corrected chi connectivity index (χ1v) is 14.6. The molecule has 184 valence electrons. The number of nitrogens with zero attached hydrogens (tertiary/aromatic N) is 2. The highest BCUT2D eigenvalue weighted by atomic mass is 32.2. The highest BCUT2D eigenvalue weighted by Gasteiger charge is 2.45. The number of likely N-dealkylation sites (tertiary alicyclic amines) is 1. The second-order valence-corrected chi connectivity index (χ2v) is 13.2. The van der Waals surface area contributed by atoms with Crippen LogP contribution in [0.1, 0.15) is 24.8 Å². The smallest absolute Gasteiger partial charge is 0.243 e. The molecule has 8 nitrogen and oxygen atoms in total. The molecule has 2 aliphatic heterocycles. The van der Waals surface area contributed by atoms with E-state index in [-0.39, 0.29) is 21.1 Å². The van der Waals surface area contributed by atoms with Crippen molar-refractivity contribution >= 4 is 25.8 Å². The van der Waals surface area contributed by atoms with Gasteiger partial charge < -0.3 is 9.64 Å².